The van der Waals surface area contributed by atoms with E-state index >= 15 is 0 Å². The summed E-state index contributed by atoms with van der Waals surface area (Å²) in [7, 11) is 0. The van der Waals surface area contributed by atoms with Gasteiger partial charge in [0.15, 0.2) is 0 Å². The van der Waals surface area contributed by atoms with Crippen LogP contribution >= 0.6 is 23.2 Å². The van der Waals surface area contributed by atoms with Gasteiger partial charge in [-0.15, -0.1) is 11.6 Å². The zero-order valence-electron chi connectivity index (χ0n) is 8.19. The maximum absolute atomic E-state index is 10.4. The van der Waals surface area contributed by atoms with Crippen molar-refractivity contribution in [1.29, 1.82) is 0 Å². The van der Waals surface area contributed by atoms with Crippen molar-refractivity contribution in [2.45, 2.75) is 57.2 Å². The standard InChI is InChI=1S/C10H18Cl2O/c1-2-3-6-9(11)7-4-5-8-10(12)13/h9H,2-8H2,1H3. The molecule has 0 aromatic rings. The van der Waals surface area contributed by atoms with Gasteiger partial charge < -0.3 is 0 Å². The molecule has 0 aromatic carbocycles. The molecule has 1 nitrogen and oxygen atoms in total. The van der Waals surface area contributed by atoms with E-state index in [1.807, 2.05) is 0 Å². The van der Waals surface area contributed by atoms with Crippen molar-refractivity contribution in [2.75, 3.05) is 0 Å². The van der Waals surface area contributed by atoms with Gasteiger partial charge in [-0.25, -0.2) is 0 Å². The molecule has 0 fully saturated rings. The Hall–Kier alpha value is 0.250. The largest absolute Gasteiger partial charge is 0.281 e. The average Bonchev–Trinajstić information content (AvgIpc) is 2.08. The van der Waals surface area contributed by atoms with Crippen molar-refractivity contribution < 1.29 is 4.79 Å². The van der Waals surface area contributed by atoms with Crippen LogP contribution in [-0.2, 0) is 4.79 Å². The predicted molar refractivity (Wildman–Crippen MR) is 58.5 cm³/mol. The van der Waals surface area contributed by atoms with Gasteiger partial charge in [-0.3, -0.25) is 4.79 Å². The summed E-state index contributed by atoms with van der Waals surface area (Å²) in [5.41, 5.74) is 0. The number of rotatable bonds is 8. The second-order valence-electron chi connectivity index (χ2n) is 3.34. The van der Waals surface area contributed by atoms with Gasteiger partial charge in [0.1, 0.15) is 0 Å². The molecule has 0 saturated carbocycles. The van der Waals surface area contributed by atoms with Gasteiger partial charge in [0, 0.05) is 11.8 Å². The van der Waals surface area contributed by atoms with E-state index in [-0.39, 0.29) is 10.6 Å². The molecule has 13 heavy (non-hydrogen) atoms. The first kappa shape index (κ1) is 13.2. The lowest BCUT2D eigenvalue weighted by Crippen LogP contribution is -1.98. The molecule has 0 aromatic heterocycles. The molecule has 78 valence electrons. The normalized spacial score (nSPS) is 12.8. The summed E-state index contributed by atoms with van der Waals surface area (Å²) in [5, 5.41) is 0.0464. The van der Waals surface area contributed by atoms with Crippen LogP contribution in [0.1, 0.15) is 51.9 Å². The lowest BCUT2D eigenvalue weighted by atomic mass is 10.1. The fraction of sp³-hybridized carbons (Fsp3) is 0.900. The Balaban J connectivity index is 3.16. The molecule has 0 aliphatic heterocycles. The van der Waals surface area contributed by atoms with Gasteiger partial charge in [-0.2, -0.15) is 0 Å². The fourth-order valence-corrected chi connectivity index (χ4v) is 1.64. The minimum Gasteiger partial charge on any atom is -0.281 e. The first-order chi connectivity index (χ1) is 6.16. The lowest BCUT2D eigenvalue weighted by Gasteiger charge is -2.07. The molecular formula is C10H18Cl2O. The van der Waals surface area contributed by atoms with Crippen LogP contribution in [0.2, 0.25) is 0 Å². The number of unbranched alkanes of at least 4 members (excludes halogenated alkanes) is 2. The zero-order chi connectivity index (χ0) is 10.1. The van der Waals surface area contributed by atoms with E-state index in [0.29, 0.717) is 6.42 Å². The highest BCUT2D eigenvalue weighted by Gasteiger charge is 2.03. The first-order valence-electron chi connectivity index (χ1n) is 4.99. The predicted octanol–water partition coefficient (Wildman–Crippen LogP) is 4.11. The second-order valence-corrected chi connectivity index (χ2v) is 4.38. The monoisotopic (exact) mass is 224 g/mol. The zero-order valence-corrected chi connectivity index (χ0v) is 9.70. The Bertz CT molecular complexity index is 137. The smallest absolute Gasteiger partial charge is 0.221 e. The van der Waals surface area contributed by atoms with E-state index in [0.717, 1.165) is 25.7 Å². The van der Waals surface area contributed by atoms with Gasteiger partial charge in [0.05, 0.1) is 0 Å². The Morgan fingerprint density at radius 1 is 1.23 bits per heavy atom. The molecule has 0 spiro atoms. The maximum atomic E-state index is 10.4. The third-order valence-corrected chi connectivity index (χ3v) is 2.64. The van der Waals surface area contributed by atoms with Crippen LogP contribution in [0.3, 0.4) is 0 Å². The Kier molecular flexibility index (Phi) is 9.00. The van der Waals surface area contributed by atoms with Crippen molar-refractivity contribution in [3.05, 3.63) is 0 Å². The van der Waals surface area contributed by atoms with Gasteiger partial charge in [-0.05, 0) is 30.9 Å². The maximum Gasteiger partial charge on any atom is 0.221 e. The van der Waals surface area contributed by atoms with Crippen LogP contribution in [0, 0.1) is 0 Å². The first-order valence-corrected chi connectivity index (χ1v) is 5.80. The number of hydrogen-bond acceptors (Lipinski definition) is 1. The molecule has 0 radical (unpaired) electrons. The minimum absolute atomic E-state index is 0.236. The van der Waals surface area contributed by atoms with E-state index in [9.17, 15) is 4.79 Å². The van der Waals surface area contributed by atoms with Crippen LogP contribution in [0.25, 0.3) is 0 Å². The van der Waals surface area contributed by atoms with Gasteiger partial charge in [0.2, 0.25) is 5.24 Å². The van der Waals surface area contributed by atoms with Crippen LogP contribution in [0.15, 0.2) is 0 Å². The third kappa shape index (κ3) is 10.2. The highest BCUT2D eigenvalue weighted by molar-refractivity contribution is 6.63. The molecule has 0 rings (SSSR count). The molecule has 0 aliphatic carbocycles. The van der Waals surface area contributed by atoms with Crippen molar-refractivity contribution in [1.82, 2.24) is 0 Å². The molecule has 0 bridgehead atoms. The third-order valence-electron chi connectivity index (χ3n) is 2.01. The quantitative estimate of drug-likeness (QED) is 0.345. The van der Waals surface area contributed by atoms with E-state index in [2.05, 4.69) is 6.92 Å². The number of halogens is 2. The summed E-state index contributed by atoms with van der Waals surface area (Å²) in [6.07, 6.45) is 6.86. The van der Waals surface area contributed by atoms with E-state index < -0.39 is 0 Å². The van der Waals surface area contributed by atoms with Crippen LogP contribution in [0.4, 0.5) is 0 Å². The van der Waals surface area contributed by atoms with Gasteiger partial charge in [-0.1, -0.05) is 26.2 Å². The van der Waals surface area contributed by atoms with E-state index in [4.69, 9.17) is 23.2 Å². The van der Waals surface area contributed by atoms with E-state index in [1.54, 1.807) is 0 Å². The summed E-state index contributed by atoms with van der Waals surface area (Å²) in [5.74, 6) is 0. The Morgan fingerprint density at radius 3 is 2.38 bits per heavy atom. The Labute approximate surface area is 90.8 Å². The number of alkyl halides is 1. The SMILES string of the molecule is CCCCC(Cl)CCCCC(=O)Cl. The highest BCUT2D eigenvalue weighted by atomic mass is 35.5. The van der Waals surface area contributed by atoms with Crippen molar-refractivity contribution in [3.63, 3.8) is 0 Å². The number of carbonyl (C=O) groups is 1. The second kappa shape index (κ2) is 8.83. The summed E-state index contributed by atoms with van der Waals surface area (Å²) in [6.45, 7) is 2.16. The molecule has 0 amide bonds. The molecule has 0 heterocycles. The molecular weight excluding hydrogens is 207 g/mol. The topological polar surface area (TPSA) is 17.1 Å². The minimum atomic E-state index is -0.236. The summed E-state index contributed by atoms with van der Waals surface area (Å²) < 4.78 is 0. The Morgan fingerprint density at radius 2 is 1.85 bits per heavy atom. The lowest BCUT2D eigenvalue weighted by molar-refractivity contribution is -0.111. The highest BCUT2D eigenvalue weighted by Crippen LogP contribution is 2.15. The van der Waals surface area contributed by atoms with Crippen LogP contribution in [-0.4, -0.2) is 10.6 Å². The molecule has 3 heteroatoms. The van der Waals surface area contributed by atoms with E-state index in [1.165, 1.54) is 12.8 Å². The van der Waals surface area contributed by atoms with Crippen LogP contribution < -0.4 is 0 Å². The number of hydrogen-bond donors (Lipinski definition) is 0. The van der Waals surface area contributed by atoms with Crippen molar-refractivity contribution in [3.8, 4) is 0 Å². The average molecular weight is 225 g/mol. The van der Waals surface area contributed by atoms with Gasteiger partial charge >= 0.3 is 0 Å². The molecule has 1 unspecified atom stereocenters. The van der Waals surface area contributed by atoms with Crippen molar-refractivity contribution >= 4 is 28.4 Å². The van der Waals surface area contributed by atoms with Crippen LogP contribution in [0.5, 0.6) is 0 Å². The molecule has 0 saturated heterocycles. The molecule has 1 atom stereocenters. The molecule has 0 N–H and O–H groups in total. The fourth-order valence-electron chi connectivity index (χ4n) is 1.20. The van der Waals surface area contributed by atoms with Gasteiger partial charge in [0.25, 0.3) is 0 Å². The summed E-state index contributed by atoms with van der Waals surface area (Å²) in [4.78, 5) is 10.4. The summed E-state index contributed by atoms with van der Waals surface area (Å²) in [6, 6.07) is 0. The van der Waals surface area contributed by atoms with Crippen molar-refractivity contribution in [2.24, 2.45) is 0 Å². The number of carbonyl (C=O) groups excluding carboxylic acids is 1. The molecule has 0 aliphatic rings. The summed E-state index contributed by atoms with van der Waals surface area (Å²) >= 11 is 11.3.